The van der Waals surface area contributed by atoms with Crippen molar-refractivity contribution in [2.75, 3.05) is 0 Å². The summed E-state index contributed by atoms with van der Waals surface area (Å²) >= 11 is 0. The van der Waals surface area contributed by atoms with E-state index >= 15 is 0 Å². The number of carbonyl (C=O) groups is 1. The molecule has 41 heavy (non-hydrogen) atoms. The topological polar surface area (TPSA) is 63.3 Å². The summed E-state index contributed by atoms with van der Waals surface area (Å²) in [5.74, 6) is 0.286. The van der Waals surface area contributed by atoms with Crippen molar-refractivity contribution in [3.63, 3.8) is 0 Å². The van der Waals surface area contributed by atoms with Crippen LogP contribution >= 0.6 is 0 Å². The molecule has 2 aromatic carbocycles. The Morgan fingerprint density at radius 1 is 0.902 bits per heavy atom. The number of carbonyl (C=O) groups excluding carboxylic acids is 1. The minimum Gasteiger partial charge on any atom is -0.512 e. The number of pyridine rings is 1. The first-order chi connectivity index (χ1) is 18.8. The second kappa shape index (κ2) is 13.9. The monoisotopic (exact) mass is 733 g/mol. The fourth-order valence-electron chi connectivity index (χ4n) is 4.67. The number of aromatic nitrogens is 1. The van der Waals surface area contributed by atoms with Crippen LogP contribution in [0.5, 0.6) is 0 Å². The van der Waals surface area contributed by atoms with Gasteiger partial charge in [-0.05, 0) is 37.2 Å². The molecule has 5 heteroatoms. The van der Waals surface area contributed by atoms with E-state index in [1.165, 1.54) is 17.0 Å². The first-order valence-electron chi connectivity index (χ1n) is 14.6. The minimum absolute atomic E-state index is 0. The summed E-state index contributed by atoms with van der Waals surface area (Å²) in [6.07, 6.45) is 6.43. The molecule has 0 atom stereocenters. The number of aliphatic hydroxyl groups is 1. The molecule has 4 nitrogen and oxygen atoms in total. The summed E-state index contributed by atoms with van der Waals surface area (Å²) in [5, 5.41) is 13.5. The predicted molar refractivity (Wildman–Crippen MR) is 168 cm³/mol. The van der Waals surface area contributed by atoms with Crippen LogP contribution in [0.1, 0.15) is 93.6 Å². The third-order valence-electron chi connectivity index (χ3n) is 8.78. The molecule has 0 aliphatic heterocycles. The number of hydrogen-bond acceptors (Lipinski definition) is 4. The van der Waals surface area contributed by atoms with Gasteiger partial charge in [0.25, 0.3) is 0 Å². The number of furan rings is 1. The second-order valence-electron chi connectivity index (χ2n) is 12.3. The van der Waals surface area contributed by atoms with E-state index in [1.54, 1.807) is 6.26 Å². The smallest absolute Gasteiger partial charge is 0.218 e. The maximum absolute atomic E-state index is 12.2. The Balaban J connectivity index is 0.000000296. The van der Waals surface area contributed by atoms with E-state index in [4.69, 9.17) is 4.42 Å². The Morgan fingerprint density at radius 3 is 2.10 bits per heavy atom. The number of fused-ring (bicyclic) bond motifs is 2. The Morgan fingerprint density at radius 2 is 1.51 bits per heavy atom. The van der Waals surface area contributed by atoms with E-state index in [0.717, 1.165) is 47.7 Å². The van der Waals surface area contributed by atoms with Gasteiger partial charge in [0.15, 0.2) is 5.78 Å². The van der Waals surface area contributed by atoms with Crippen LogP contribution in [0.25, 0.3) is 33.1 Å². The molecular weight excluding hydrogens is 687 g/mol. The summed E-state index contributed by atoms with van der Waals surface area (Å²) in [6, 6.07) is 20.1. The third-order valence-corrected chi connectivity index (χ3v) is 8.78. The molecule has 0 saturated heterocycles. The largest absolute Gasteiger partial charge is 0.512 e. The molecule has 0 saturated carbocycles. The van der Waals surface area contributed by atoms with Gasteiger partial charge in [0.2, 0.25) is 5.71 Å². The SMILES string of the molecule is CC(C)(C)c1cc(-c2ccc3ccoc3n2)[c-]c2ccccc12.CCC(C)(CC)C(=O)/C=C(\O)C(C)(CC)CC.[Ir]. The first-order valence-corrected chi connectivity index (χ1v) is 14.6. The first kappa shape index (κ1) is 34.5. The van der Waals surface area contributed by atoms with Crippen molar-refractivity contribution in [3.05, 3.63) is 78.3 Å². The molecule has 0 amide bonds. The van der Waals surface area contributed by atoms with Gasteiger partial charge in [-0.2, -0.15) is 0 Å². The Labute approximate surface area is 260 Å². The molecule has 1 radical (unpaired) electrons. The van der Waals surface area contributed by atoms with Gasteiger partial charge in [-0.25, -0.2) is 0 Å². The number of aliphatic hydroxyl groups excluding tert-OH is 1. The van der Waals surface area contributed by atoms with Gasteiger partial charge in [0.05, 0.1) is 6.26 Å². The van der Waals surface area contributed by atoms with Crippen molar-refractivity contribution in [1.29, 1.82) is 0 Å². The number of nitrogens with zero attached hydrogens (tertiary/aromatic N) is 1. The zero-order valence-corrected chi connectivity index (χ0v) is 28.5. The third kappa shape index (κ3) is 7.76. The summed E-state index contributed by atoms with van der Waals surface area (Å²) in [6.45, 7) is 18.8. The Hall–Kier alpha value is -2.75. The molecular formula is C36H46IrNO3-. The van der Waals surface area contributed by atoms with E-state index in [1.807, 2.05) is 59.7 Å². The van der Waals surface area contributed by atoms with Gasteiger partial charge >= 0.3 is 0 Å². The van der Waals surface area contributed by atoms with Gasteiger partial charge in [-0.3, -0.25) is 9.78 Å². The van der Waals surface area contributed by atoms with Crippen LogP contribution < -0.4 is 0 Å². The van der Waals surface area contributed by atoms with Crippen molar-refractivity contribution in [2.45, 2.75) is 93.4 Å². The molecule has 0 spiro atoms. The van der Waals surface area contributed by atoms with E-state index in [-0.39, 0.29) is 47.9 Å². The van der Waals surface area contributed by atoms with Crippen molar-refractivity contribution < 1.29 is 34.4 Å². The molecule has 0 fully saturated rings. The quantitative estimate of drug-likeness (QED) is 0.111. The number of allylic oxidation sites excluding steroid dienone is 2. The van der Waals surface area contributed by atoms with Crippen LogP contribution in [0.15, 0.2) is 71.0 Å². The maximum atomic E-state index is 12.2. The van der Waals surface area contributed by atoms with E-state index in [9.17, 15) is 9.90 Å². The molecule has 1 N–H and O–H groups in total. The van der Waals surface area contributed by atoms with E-state index in [2.05, 4.69) is 62.2 Å². The van der Waals surface area contributed by atoms with Crippen molar-refractivity contribution >= 4 is 27.7 Å². The molecule has 4 aromatic rings. The maximum Gasteiger partial charge on any atom is 0.218 e. The second-order valence-corrected chi connectivity index (χ2v) is 12.3. The van der Waals surface area contributed by atoms with Crippen LogP contribution in [0.2, 0.25) is 0 Å². The molecule has 0 unspecified atom stereocenters. The normalized spacial score (nSPS) is 12.6. The summed E-state index contributed by atoms with van der Waals surface area (Å²) in [5.41, 5.74) is 3.33. The van der Waals surface area contributed by atoms with Crippen LogP contribution in [0, 0.1) is 16.9 Å². The minimum atomic E-state index is -0.337. The molecule has 223 valence electrons. The summed E-state index contributed by atoms with van der Waals surface area (Å²) in [7, 11) is 0. The molecule has 2 heterocycles. The van der Waals surface area contributed by atoms with Crippen molar-refractivity contribution in [3.8, 4) is 11.3 Å². The van der Waals surface area contributed by atoms with Crippen LogP contribution in [0.3, 0.4) is 0 Å². The fraction of sp³-hybridized carbons (Fsp3) is 0.444. The summed E-state index contributed by atoms with van der Waals surface area (Å²) < 4.78 is 5.44. The van der Waals surface area contributed by atoms with Crippen molar-refractivity contribution in [2.24, 2.45) is 10.8 Å². The van der Waals surface area contributed by atoms with Gasteiger partial charge in [-0.1, -0.05) is 104 Å². The predicted octanol–water partition coefficient (Wildman–Crippen LogP) is 10.4. The van der Waals surface area contributed by atoms with Gasteiger partial charge in [-0.15, -0.1) is 29.1 Å². The number of ketones is 1. The zero-order valence-electron chi connectivity index (χ0n) is 26.1. The number of rotatable bonds is 8. The van der Waals surface area contributed by atoms with E-state index < -0.39 is 0 Å². The van der Waals surface area contributed by atoms with Gasteiger partial charge in [0.1, 0.15) is 5.76 Å². The van der Waals surface area contributed by atoms with Crippen molar-refractivity contribution in [1.82, 2.24) is 4.98 Å². The molecule has 0 aliphatic carbocycles. The zero-order chi connectivity index (χ0) is 29.7. The Bertz CT molecular complexity index is 1480. The summed E-state index contributed by atoms with van der Waals surface area (Å²) in [4.78, 5) is 16.8. The molecule has 4 rings (SSSR count). The average molecular weight is 733 g/mol. The molecule has 0 bridgehead atoms. The number of hydrogen-bond donors (Lipinski definition) is 1. The van der Waals surface area contributed by atoms with E-state index in [0.29, 0.717) is 5.71 Å². The molecule has 0 aliphatic rings. The fourth-order valence-corrected chi connectivity index (χ4v) is 4.67. The Kier molecular flexibility index (Phi) is 11.7. The van der Waals surface area contributed by atoms with Gasteiger partial charge < -0.3 is 9.52 Å². The molecule has 2 aromatic heterocycles. The van der Waals surface area contributed by atoms with Crippen LogP contribution in [-0.2, 0) is 30.3 Å². The average Bonchev–Trinajstić information content (AvgIpc) is 3.43. The van der Waals surface area contributed by atoms with Crippen LogP contribution in [0.4, 0.5) is 0 Å². The number of benzene rings is 2. The standard InChI is InChI=1S/C21H18NO.C15H28O2.Ir/c1-21(2,3)18-13-16(12-15-6-4-5-7-17(15)18)19-9-8-14-10-11-23-20(14)22-19;1-7-14(5,8-2)12(16)11-13(17)15(6,9-3)10-4;/h4-11,13H,1-3H3;11,16H,7-10H2,1-6H3;/q-1;;/b;12-11-;. The van der Waals surface area contributed by atoms with Crippen LogP contribution in [-0.4, -0.2) is 15.9 Å². The van der Waals surface area contributed by atoms with Gasteiger partial charge in [0, 0.05) is 48.1 Å².